The first kappa shape index (κ1) is 11.4. The van der Waals surface area contributed by atoms with Crippen molar-refractivity contribution in [1.82, 2.24) is 9.88 Å². The van der Waals surface area contributed by atoms with Gasteiger partial charge in [-0.2, -0.15) is 0 Å². The predicted octanol–water partition coefficient (Wildman–Crippen LogP) is 1.38. The summed E-state index contributed by atoms with van der Waals surface area (Å²) in [5, 5.41) is 10.7. The highest BCUT2D eigenvalue weighted by molar-refractivity contribution is 5.83. The molecule has 18 heavy (non-hydrogen) atoms. The monoisotopic (exact) mass is 243 g/mol. The molecule has 0 spiro atoms. The third kappa shape index (κ3) is 2.17. The Kier molecular flexibility index (Phi) is 2.89. The molecule has 1 fully saturated rings. The molecule has 2 aromatic rings. The first-order chi connectivity index (χ1) is 8.72. The molecule has 0 amide bonds. The first-order valence-corrected chi connectivity index (χ1v) is 6.27. The number of nitrogens with zero attached hydrogens (tertiary/aromatic N) is 2. The third-order valence-corrected chi connectivity index (χ3v) is 3.46. The number of para-hydroxylation sites is 1. The number of rotatable bonds is 2. The van der Waals surface area contributed by atoms with Crippen LogP contribution < -0.4 is 5.73 Å². The van der Waals surface area contributed by atoms with Crippen LogP contribution in [0.2, 0.25) is 0 Å². The van der Waals surface area contributed by atoms with Crippen LogP contribution in [0.4, 0.5) is 5.82 Å². The molecule has 1 saturated heterocycles. The molecule has 94 valence electrons. The first-order valence-electron chi connectivity index (χ1n) is 6.27. The Morgan fingerprint density at radius 2 is 2.22 bits per heavy atom. The normalized spacial score (nSPS) is 20.6. The van der Waals surface area contributed by atoms with Crippen LogP contribution in [-0.4, -0.2) is 34.2 Å². The second kappa shape index (κ2) is 4.55. The molecule has 0 bridgehead atoms. The highest BCUT2D eigenvalue weighted by atomic mass is 16.3. The Morgan fingerprint density at radius 1 is 1.39 bits per heavy atom. The third-order valence-electron chi connectivity index (χ3n) is 3.46. The molecule has 2 heterocycles. The Morgan fingerprint density at radius 3 is 3.00 bits per heavy atom. The van der Waals surface area contributed by atoms with Crippen LogP contribution in [0.5, 0.6) is 0 Å². The number of aliphatic hydroxyl groups is 1. The van der Waals surface area contributed by atoms with E-state index >= 15 is 0 Å². The summed E-state index contributed by atoms with van der Waals surface area (Å²) >= 11 is 0. The lowest BCUT2D eigenvalue weighted by molar-refractivity contribution is 0.175. The fourth-order valence-electron chi connectivity index (χ4n) is 2.60. The molecular formula is C14H17N3O. The van der Waals surface area contributed by atoms with Gasteiger partial charge in [-0.05, 0) is 24.1 Å². The van der Waals surface area contributed by atoms with Crippen molar-refractivity contribution in [1.29, 1.82) is 0 Å². The van der Waals surface area contributed by atoms with E-state index in [1.807, 2.05) is 24.3 Å². The number of fused-ring (bicyclic) bond motifs is 1. The number of hydrogen-bond acceptors (Lipinski definition) is 4. The Labute approximate surface area is 106 Å². The van der Waals surface area contributed by atoms with Gasteiger partial charge < -0.3 is 10.8 Å². The zero-order chi connectivity index (χ0) is 12.5. The standard InChI is InChI=1S/C14H17N3O/c15-14-7-10(8-17-6-5-11(18)9-17)12-3-1-2-4-13(12)16-14/h1-4,7,11,18H,5-6,8-9H2,(H2,15,16)/t11-/m0/s1. The van der Waals surface area contributed by atoms with Crippen LogP contribution in [0.25, 0.3) is 10.9 Å². The summed E-state index contributed by atoms with van der Waals surface area (Å²) in [7, 11) is 0. The fourth-order valence-corrected chi connectivity index (χ4v) is 2.60. The highest BCUT2D eigenvalue weighted by Gasteiger charge is 2.20. The van der Waals surface area contributed by atoms with Gasteiger partial charge in [0.2, 0.25) is 0 Å². The average Bonchev–Trinajstić information content (AvgIpc) is 2.74. The van der Waals surface area contributed by atoms with Crippen LogP contribution in [0.1, 0.15) is 12.0 Å². The lowest BCUT2D eigenvalue weighted by Crippen LogP contribution is -2.21. The minimum atomic E-state index is -0.185. The van der Waals surface area contributed by atoms with E-state index in [2.05, 4.69) is 16.0 Å². The van der Waals surface area contributed by atoms with E-state index < -0.39 is 0 Å². The largest absolute Gasteiger partial charge is 0.392 e. The number of nitrogen functional groups attached to an aromatic ring is 1. The smallest absolute Gasteiger partial charge is 0.124 e. The number of β-amino-alcohol motifs (C(OH)–C–C–N with tert-alkyl or cyclic N) is 1. The van der Waals surface area contributed by atoms with E-state index in [0.717, 1.165) is 37.0 Å². The van der Waals surface area contributed by atoms with Gasteiger partial charge in [-0.25, -0.2) is 4.98 Å². The van der Waals surface area contributed by atoms with Gasteiger partial charge in [0.05, 0.1) is 11.6 Å². The second-order valence-electron chi connectivity index (χ2n) is 4.90. The highest BCUT2D eigenvalue weighted by Crippen LogP contribution is 2.22. The van der Waals surface area contributed by atoms with Gasteiger partial charge in [0, 0.05) is 25.0 Å². The van der Waals surface area contributed by atoms with Crippen molar-refractivity contribution in [3.8, 4) is 0 Å². The lowest BCUT2D eigenvalue weighted by Gasteiger charge is -2.16. The average molecular weight is 243 g/mol. The van der Waals surface area contributed by atoms with Crippen LogP contribution >= 0.6 is 0 Å². The Bertz CT molecular complexity index is 570. The predicted molar refractivity (Wildman–Crippen MR) is 72.1 cm³/mol. The van der Waals surface area contributed by atoms with E-state index in [-0.39, 0.29) is 6.10 Å². The van der Waals surface area contributed by atoms with Gasteiger partial charge in [0.15, 0.2) is 0 Å². The second-order valence-corrected chi connectivity index (χ2v) is 4.90. The molecule has 0 aliphatic carbocycles. The van der Waals surface area contributed by atoms with E-state index in [9.17, 15) is 5.11 Å². The Hall–Kier alpha value is -1.65. The van der Waals surface area contributed by atoms with Crippen molar-refractivity contribution in [3.05, 3.63) is 35.9 Å². The quantitative estimate of drug-likeness (QED) is 0.836. The number of anilines is 1. The maximum absolute atomic E-state index is 9.57. The molecule has 0 unspecified atom stereocenters. The fraction of sp³-hybridized carbons (Fsp3) is 0.357. The summed E-state index contributed by atoms with van der Waals surface area (Å²) in [6.07, 6.45) is 0.675. The molecule has 4 nitrogen and oxygen atoms in total. The summed E-state index contributed by atoms with van der Waals surface area (Å²) in [6.45, 7) is 2.51. The van der Waals surface area contributed by atoms with Gasteiger partial charge in [0.1, 0.15) is 5.82 Å². The number of aromatic nitrogens is 1. The maximum Gasteiger partial charge on any atom is 0.124 e. The van der Waals surface area contributed by atoms with E-state index in [0.29, 0.717) is 5.82 Å². The summed E-state index contributed by atoms with van der Waals surface area (Å²) in [4.78, 5) is 6.59. The minimum absolute atomic E-state index is 0.185. The number of nitrogens with two attached hydrogens (primary N) is 1. The van der Waals surface area contributed by atoms with E-state index in [1.165, 1.54) is 5.56 Å². The van der Waals surface area contributed by atoms with E-state index in [1.54, 1.807) is 0 Å². The summed E-state index contributed by atoms with van der Waals surface area (Å²) < 4.78 is 0. The number of aliphatic hydroxyl groups excluding tert-OH is 1. The number of benzene rings is 1. The lowest BCUT2D eigenvalue weighted by atomic mass is 10.1. The Balaban J connectivity index is 1.95. The van der Waals surface area contributed by atoms with Crippen molar-refractivity contribution in [2.45, 2.75) is 19.1 Å². The maximum atomic E-state index is 9.57. The molecule has 1 aliphatic rings. The molecule has 1 aliphatic heterocycles. The summed E-state index contributed by atoms with van der Waals surface area (Å²) in [5.41, 5.74) is 7.97. The molecular weight excluding hydrogens is 226 g/mol. The van der Waals surface area contributed by atoms with E-state index in [4.69, 9.17) is 5.73 Å². The summed E-state index contributed by atoms with van der Waals surface area (Å²) in [6, 6.07) is 9.98. The van der Waals surface area contributed by atoms with Gasteiger partial charge in [0.25, 0.3) is 0 Å². The van der Waals surface area contributed by atoms with Crippen LogP contribution in [-0.2, 0) is 6.54 Å². The van der Waals surface area contributed by atoms with Gasteiger partial charge in [-0.3, -0.25) is 4.90 Å². The van der Waals surface area contributed by atoms with Crippen LogP contribution in [0.15, 0.2) is 30.3 Å². The van der Waals surface area contributed by atoms with Crippen molar-refractivity contribution < 1.29 is 5.11 Å². The van der Waals surface area contributed by atoms with Gasteiger partial charge in [-0.15, -0.1) is 0 Å². The molecule has 4 heteroatoms. The van der Waals surface area contributed by atoms with Crippen LogP contribution in [0, 0.1) is 0 Å². The van der Waals surface area contributed by atoms with Crippen molar-refractivity contribution in [2.24, 2.45) is 0 Å². The SMILES string of the molecule is Nc1cc(CN2CC[C@H](O)C2)c2ccccc2n1. The molecule has 0 radical (unpaired) electrons. The molecule has 1 aromatic carbocycles. The van der Waals surface area contributed by atoms with Crippen molar-refractivity contribution in [3.63, 3.8) is 0 Å². The molecule has 0 saturated carbocycles. The van der Waals surface area contributed by atoms with Gasteiger partial charge in [-0.1, -0.05) is 18.2 Å². The number of pyridine rings is 1. The van der Waals surface area contributed by atoms with Gasteiger partial charge >= 0.3 is 0 Å². The molecule has 3 rings (SSSR count). The van der Waals surface area contributed by atoms with Crippen LogP contribution in [0.3, 0.4) is 0 Å². The molecule has 3 N–H and O–H groups in total. The zero-order valence-corrected chi connectivity index (χ0v) is 10.2. The van der Waals surface area contributed by atoms with Crippen molar-refractivity contribution in [2.75, 3.05) is 18.8 Å². The summed E-state index contributed by atoms with van der Waals surface area (Å²) in [5.74, 6) is 0.559. The molecule has 1 atom stereocenters. The molecule has 1 aromatic heterocycles. The van der Waals surface area contributed by atoms with Crippen molar-refractivity contribution >= 4 is 16.7 Å². The topological polar surface area (TPSA) is 62.4 Å². The number of hydrogen-bond donors (Lipinski definition) is 2. The number of likely N-dealkylation sites (tertiary alicyclic amines) is 1. The minimum Gasteiger partial charge on any atom is -0.392 e. The zero-order valence-electron chi connectivity index (χ0n) is 10.2.